The van der Waals surface area contributed by atoms with Crippen molar-refractivity contribution in [3.63, 3.8) is 0 Å². The van der Waals surface area contributed by atoms with Crippen LogP contribution in [0.1, 0.15) is 22.7 Å². The average molecular weight is 407 g/mol. The molecule has 1 aromatic carbocycles. The minimum absolute atomic E-state index is 0.0179. The minimum Gasteiger partial charge on any atom is -0.353 e. The summed E-state index contributed by atoms with van der Waals surface area (Å²) in [6, 6.07) is 9.42. The number of rotatable bonds is 3. The molecule has 3 aromatic heterocycles. The molecule has 1 aliphatic rings. The summed E-state index contributed by atoms with van der Waals surface area (Å²) in [5, 5.41) is 4.49. The molecule has 0 radical (unpaired) electrons. The third-order valence-electron chi connectivity index (χ3n) is 5.18. The number of carbonyl (C=O) groups excluding carboxylic acids is 1. The summed E-state index contributed by atoms with van der Waals surface area (Å²) in [5.74, 6) is 0.852. The van der Waals surface area contributed by atoms with E-state index in [1.807, 2.05) is 25.4 Å². The van der Waals surface area contributed by atoms with Crippen LogP contribution in [0.2, 0.25) is 5.02 Å². The third kappa shape index (κ3) is 3.38. The van der Waals surface area contributed by atoms with Crippen molar-refractivity contribution < 1.29 is 4.79 Å². The van der Waals surface area contributed by atoms with Crippen LogP contribution in [0.5, 0.6) is 0 Å². The summed E-state index contributed by atoms with van der Waals surface area (Å²) in [6.07, 6.45) is 6.51. The lowest BCUT2D eigenvalue weighted by Crippen LogP contribution is -2.38. The summed E-state index contributed by atoms with van der Waals surface area (Å²) in [4.78, 5) is 28.2. The largest absolute Gasteiger partial charge is 0.353 e. The SMILES string of the molecule is Cc1cn2cccc2c(N2CC[C@H](NC(=O)c3ncc4cc(Cl)ccc4n3)C2)n1. The zero-order chi connectivity index (χ0) is 20.0. The molecule has 4 heterocycles. The number of nitrogens with zero attached hydrogens (tertiary/aromatic N) is 5. The second-order valence-electron chi connectivity index (χ2n) is 7.31. The van der Waals surface area contributed by atoms with Gasteiger partial charge in [0, 0.05) is 48.1 Å². The molecule has 29 heavy (non-hydrogen) atoms. The number of aromatic nitrogens is 4. The number of hydrogen-bond acceptors (Lipinski definition) is 5. The molecule has 0 aliphatic carbocycles. The molecule has 146 valence electrons. The lowest BCUT2D eigenvalue weighted by molar-refractivity contribution is 0.0930. The molecule has 1 N–H and O–H groups in total. The standard InChI is InChI=1S/C21H19ClN6O/c1-13-11-27-7-2-3-18(27)20(24-13)28-8-6-16(12-28)25-21(29)19-23-10-14-9-15(22)4-5-17(14)26-19/h2-5,7,9-11,16H,6,8,12H2,1H3,(H,25,29)/t16-/m0/s1. The van der Waals surface area contributed by atoms with E-state index in [0.717, 1.165) is 35.4 Å². The van der Waals surface area contributed by atoms with Crippen LogP contribution >= 0.6 is 11.6 Å². The second-order valence-corrected chi connectivity index (χ2v) is 7.74. The van der Waals surface area contributed by atoms with E-state index >= 15 is 0 Å². The minimum atomic E-state index is -0.265. The summed E-state index contributed by atoms with van der Waals surface area (Å²) in [6.45, 7) is 3.52. The first kappa shape index (κ1) is 17.9. The molecule has 1 saturated heterocycles. The van der Waals surface area contributed by atoms with Gasteiger partial charge in [-0.25, -0.2) is 15.0 Å². The summed E-state index contributed by atoms with van der Waals surface area (Å²) in [7, 11) is 0. The van der Waals surface area contributed by atoms with Gasteiger partial charge >= 0.3 is 0 Å². The van der Waals surface area contributed by atoms with Crippen LogP contribution in [0, 0.1) is 6.92 Å². The number of hydrogen-bond donors (Lipinski definition) is 1. The number of nitrogens with one attached hydrogen (secondary N) is 1. The number of benzene rings is 1. The van der Waals surface area contributed by atoms with Crippen LogP contribution in [0.15, 0.2) is 48.9 Å². The Balaban J connectivity index is 1.32. The molecule has 4 aromatic rings. The molecule has 7 nitrogen and oxygen atoms in total. The summed E-state index contributed by atoms with van der Waals surface area (Å²) >= 11 is 5.99. The van der Waals surface area contributed by atoms with Crippen molar-refractivity contribution >= 4 is 39.7 Å². The molecule has 5 rings (SSSR count). The van der Waals surface area contributed by atoms with Gasteiger partial charge in [0.2, 0.25) is 5.82 Å². The van der Waals surface area contributed by atoms with Gasteiger partial charge in [0.25, 0.3) is 5.91 Å². The number of halogens is 1. The topological polar surface area (TPSA) is 75.4 Å². The van der Waals surface area contributed by atoms with Crippen LogP contribution in [0.3, 0.4) is 0 Å². The Morgan fingerprint density at radius 2 is 2.17 bits per heavy atom. The molecule has 0 saturated carbocycles. The predicted molar refractivity (Wildman–Crippen MR) is 113 cm³/mol. The normalized spacial score (nSPS) is 16.6. The van der Waals surface area contributed by atoms with Gasteiger partial charge in [-0.05, 0) is 43.7 Å². The van der Waals surface area contributed by atoms with E-state index in [0.29, 0.717) is 17.1 Å². The maximum atomic E-state index is 12.7. The molecular formula is C21H19ClN6O. The van der Waals surface area contributed by atoms with Gasteiger partial charge in [-0.2, -0.15) is 0 Å². The van der Waals surface area contributed by atoms with Gasteiger partial charge in [-0.15, -0.1) is 0 Å². The van der Waals surface area contributed by atoms with Crippen molar-refractivity contribution in [2.75, 3.05) is 18.0 Å². The smallest absolute Gasteiger partial charge is 0.289 e. The van der Waals surface area contributed by atoms with Gasteiger partial charge in [-0.1, -0.05) is 11.6 Å². The highest BCUT2D eigenvalue weighted by Crippen LogP contribution is 2.24. The summed E-state index contributed by atoms with van der Waals surface area (Å²) in [5.41, 5.74) is 2.72. The van der Waals surface area contributed by atoms with Crippen LogP contribution in [-0.4, -0.2) is 44.4 Å². The van der Waals surface area contributed by atoms with Crippen molar-refractivity contribution in [2.24, 2.45) is 0 Å². The average Bonchev–Trinajstić information content (AvgIpc) is 3.36. The van der Waals surface area contributed by atoms with Crippen molar-refractivity contribution in [3.8, 4) is 0 Å². The van der Waals surface area contributed by atoms with E-state index in [-0.39, 0.29) is 17.8 Å². The van der Waals surface area contributed by atoms with E-state index in [2.05, 4.69) is 30.7 Å². The lowest BCUT2D eigenvalue weighted by Gasteiger charge is -2.19. The van der Waals surface area contributed by atoms with E-state index in [1.54, 1.807) is 24.4 Å². The van der Waals surface area contributed by atoms with Crippen LogP contribution in [-0.2, 0) is 0 Å². The van der Waals surface area contributed by atoms with Crippen LogP contribution in [0.4, 0.5) is 5.82 Å². The molecule has 1 aliphatic heterocycles. The van der Waals surface area contributed by atoms with Crippen molar-refractivity contribution in [1.82, 2.24) is 24.7 Å². The highest BCUT2D eigenvalue weighted by Gasteiger charge is 2.27. The molecule has 0 spiro atoms. The van der Waals surface area contributed by atoms with Crippen LogP contribution in [0.25, 0.3) is 16.4 Å². The van der Waals surface area contributed by atoms with Gasteiger partial charge in [0.05, 0.1) is 16.7 Å². The van der Waals surface area contributed by atoms with Crippen LogP contribution < -0.4 is 10.2 Å². The molecule has 1 atom stereocenters. The fraction of sp³-hybridized carbons (Fsp3) is 0.238. The molecule has 0 unspecified atom stereocenters. The van der Waals surface area contributed by atoms with Gasteiger partial charge in [0.15, 0.2) is 5.82 Å². The number of amides is 1. The molecular weight excluding hydrogens is 388 g/mol. The number of fused-ring (bicyclic) bond motifs is 2. The van der Waals surface area contributed by atoms with E-state index < -0.39 is 0 Å². The quantitative estimate of drug-likeness (QED) is 0.565. The van der Waals surface area contributed by atoms with Crippen molar-refractivity contribution in [3.05, 3.63) is 65.5 Å². The Morgan fingerprint density at radius 1 is 1.28 bits per heavy atom. The highest BCUT2D eigenvalue weighted by molar-refractivity contribution is 6.31. The summed E-state index contributed by atoms with van der Waals surface area (Å²) < 4.78 is 2.08. The Bertz CT molecular complexity index is 1240. The first-order valence-corrected chi connectivity index (χ1v) is 9.87. The number of anilines is 1. The lowest BCUT2D eigenvalue weighted by atomic mass is 10.2. The maximum Gasteiger partial charge on any atom is 0.289 e. The molecule has 1 amide bonds. The highest BCUT2D eigenvalue weighted by atomic mass is 35.5. The third-order valence-corrected chi connectivity index (χ3v) is 5.42. The predicted octanol–water partition coefficient (Wildman–Crippen LogP) is 3.25. The van der Waals surface area contributed by atoms with Gasteiger partial charge < -0.3 is 14.6 Å². The maximum absolute atomic E-state index is 12.7. The fourth-order valence-electron chi connectivity index (χ4n) is 3.82. The Kier molecular flexibility index (Phi) is 4.32. The molecule has 1 fully saturated rings. The van der Waals surface area contributed by atoms with E-state index in [1.165, 1.54) is 0 Å². The van der Waals surface area contributed by atoms with Crippen molar-refractivity contribution in [2.45, 2.75) is 19.4 Å². The number of aryl methyl sites for hydroxylation is 1. The number of carbonyl (C=O) groups is 1. The van der Waals surface area contributed by atoms with E-state index in [9.17, 15) is 4.79 Å². The fourth-order valence-corrected chi connectivity index (χ4v) is 4.00. The van der Waals surface area contributed by atoms with Gasteiger partial charge in [-0.3, -0.25) is 4.79 Å². The molecule has 0 bridgehead atoms. The molecule has 8 heteroatoms. The second kappa shape index (κ2) is 7.00. The zero-order valence-corrected chi connectivity index (χ0v) is 16.6. The zero-order valence-electron chi connectivity index (χ0n) is 15.8. The Morgan fingerprint density at radius 3 is 3.07 bits per heavy atom. The first-order valence-electron chi connectivity index (χ1n) is 9.49. The van der Waals surface area contributed by atoms with Gasteiger partial charge in [0.1, 0.15) is 0 Å². The Hall–Kier alpha value is -3.19. The van der Waals surface area contributed by atoms with E-state index in [4.69, 9.17) is 16.6 Å². The first-order chi connectivity index (χ1) is 14.1. The Labute approximate surface area is 172 Å². The van der Waals surface area contributed by atoms with Crippen molar-refractivity contribution in [1.29, 1.82) is 0 Å². The monoisotopic (exact) mass is 406 g/mol.